The van der Waals surface area contributed by atoms with Gasteiger partial charge in [-0.05, 0) is 54.8 Å². The van der Waals surface area contributed by atoms with Crippen LogP contribution in [0.15, 0.2) is 48.2 Å². The van der Waals surface area contributed by atoms with Crippen LogP contribution in [0.4, 0.5) is 10.1 Å². The highest BCUT2D eigenvalue weighted by Crippen LogP contribution is 2.31. The standard InChI is InChI=1S/C21H21FN2O3/c1-13-4-5-15(12-14(13)2)18-19(23-17-8-6-16(22)7-9-17)21(26)24(20(18)25)10-11-27-3/h4-9,12,23H,10-11H2,1-3H3. The second kappa shape index (κ2) is 7.72. The number of ether oxygens (including phenoxy) is 1. The smallest absolute Gasteiger partial charge is 0.278 e. The molecule has 1 heterocycles. The molecule has 0 spiro atoms. The van der Waals surface area contributed by atoms with Crippen molar-refractivity contribution in [2.45, 2.75) is 13.8 Å². The first-order valence-corrected chi connectivity index (χ1v) is 8.62. The molecule has 1 N–H and O–H groups in total. The number of carbonyl (C=O) groups excluding carboxylic acids is 2. The van der Waals surface area contributed by atoms with Gasteiger partial charge >= 0.3 is 0 Å². The highest BCUT2D eigenvalue weighted by Gasteiger charge is 2.39. The van der Waals surface area contributed by atoms with Crippen LogP contribution in [-0.2, 0) is 14.3 Å². The first-order valence-electron chi connectivity index (χ1n) is 8.62. The molecule has 140 valence electrons. The van der Waals surface area contributed by atoms with Gasteiger partial charge < -0.3 is 10.1 Å². The summed E-state index contributed by atoms with van der Waals surface area (Å²) in [4.78, 5) is 27.0. The van der Waals surface area contributed by atoms with Crippen LogP contribution in [0.5, 0.6) is 0 Å². The third kappa shape index (κ3) is 3.75. The van der Waals surface area contributed by atoms with Crippen molar-refractivity contribution < 1.29 is 18.7 Å². The van der Waals surface area contributed by atoms with E-state index in [2.05, 4.69) is 5.32 Å². The maximum Gasteiger partial charge on any atom is 0.278 e. The predicted octanol–water partition coefficient (Wildman–Crippen LogP) is 3.28. The average molecular weight is 368 g/mol. The van der Waals surface area contributed by atoms with Gasteiger partial charge in [-0.1, -0.05) is 18.2 Å². The van der Waals surface area contributed by atoms with E-state index in [-0.39, 0.29) is 30.6 Å². The van der Waals surface area contributed by atoms with Gasteiger partial charge in [0.15, 0.2) is 0 Å². The Hall–Kier alpha value is -2.99. The zero-order chi connectivity index (χ0) is 19.6. The van der Waals surface area contributed by atoms with E-state index in [9.17, 15) is 14.0 Å². The maximum absolute atomic E-state index is 13.2. The predicted molar refractivity (Wildman–Crippen MR) is 101 cm³/mol. The lowest BCUT2D eigenvalue weighted by Crippen LogP contribution is -2.35. The fourth-order valence-electron chi connectivity index (χ4n) is 2.92. The first-order chi connectivity index (χ1) is 12.9. The summed E-state index contributed by atoms with van der Waals surface area (Å²) in [7, 11) is 1.51. The summed E-state index contributed by atoms with van der Waals surface area (Å²) in [6.07, 6.45) is 0. The van der Waals surface area contributed by atoms with E-state index < -0.39 is 5.91 Å². The first kappa shape index (κ1) is 18.8. The van der Waals surface area contributed by atoms with Gasteiger partial charge in [-0.25, -0.2) is 4.39 Å². The molecule has 2 aromatic rings. The second-order valence-corrected chi connectivity index (χ2v) is 6.44. The SMILES string of the molecule is COCCN1C(=O)C(Nc2ccc(F)cc2)=C(c2ccc(C)c(C)c2)C1=O. The number of rotatable bonds is 6. The third-order valence-electron chi connectivity index (χ3n) is 4.60. The molecule has 1 aliphatic heterocycles. The minimum Gasteiger partial charge on any atom is -0.383 e. The molecule has 27 heavy (non-hydrogen) atoms. The molecule has 2 aromatic carbocycles. The summed E-state index contributed by atoms with van der Waals surface area (Å²) in [5.41, 5.74) is 3.81. The molecule has 0 fully saturated rings. The summed E-state index contributed by atoms with van der Waals surface area (Å²) in [6.45, 7) is 4.35. The largest absolute Gasteiger partial charge is 0.383 e. The van der Waals surface area contributed by atoms with Gasteiger partial charge in [0.2, 0.25) is 0 Å². The highest BCUT2D eigenvalue weighted by molar-refractivity contribution is 6.36. The van der Waals surface area contributed by atoms with Gasteiger partial charge in [-0.2, -0.15) is 0 Å². The molecule has 0 atom stereocenters. The van der Waals surface area contributed by atoms with E-state index in [1.54, 1.807) is 0 Å². The minimum atomic E-state index is -0.422. The maximum atomic E-state index is 13.2. The molecular formula is C21H21FN2O3. The number of aryl methyl sites for hydroxylation is 2. The number of nitrogens with zero attached hydrogens (tertiary/aromatic N) is 1. The van der Waals surface area contributed by atoms with E-state index in [0.717, 1.165) is 11.1 Å². The molecule has 0 bridgehead atoms. The summed E-state index contributed by atoms with van der Waals surface area (Å²) in [5.74, 6) is -1.17. The molecule has 0 aliphatic carbocycles. The zero-order valence-corrected chi connectivity index (χ0v) is 15.5. The molecule has 5 nitrogen and oxygen atoms in total. The van der Waals surface area contributed by atoms with Crippen LogP contribution in [0, 0.1) is 19.7 Å². The van der Waals surface area contributed by atoms with Crippen LogP contribution in [0.1, 0.15) is 16.7 Å². The minimum absolute atomic E-state index is 0.164. The molecule has 0 unspecified atom stereocenters. The number of nitrogens with one attached hydrogen (secondary N) is 1. The number of amides is 2. The normalized spacial score (nSPS) is 14.3. The molecule has 0 radical (unpaired) electrons. The lowest BCUT2D eigenvalue weighted by atomic mass is 9.99. The monoisotopic (exact) mass is 368 g/mol. The molecule has 0 saturated heterocycles. The van der Waals surface area contributed by atoms with Crippen molar-refractivity contribution in [1.82, 2.24) is 4.90 Å². The number of imide groups is 1. The van der Waals surface area contributed by atoms with Crippen molar-refractivity contribution in [2.24, 2.45) is 0 Å². The molecule has 0 saturated carbocycles. The number of benzene rings is 2. The van der Waals surface area contributed by atoms with Crippen LogP contribution in [0.25, 0.3) is 5.57 Å². The van der Waals surface area contributed by atoms with Crippen LogP contribution in [-0.4, -0.2) is 37.0 Å². The number of halogens is 1. The molecule has 3 rings (SSSR count). The molecule has 2 amide bonds. The Morgan fingerprint density at radius 3 is 2.33 bits per heavy atom. The molecule has 1 aliphatic rings. The van der Waals surface area contributed by atoms with Gasteiger partial charge in [0.05, 0.1) is 18.7 Å². The number of methoxy groups -OCH3 is 1. The average Bonchev–Trinajstić information content (AvgIpc) is 2.88. The van der Waals surface area contributed by atoms with Crippen molar-refractivity contribution >= 4 is 23.1 Å². The zero-order valence-electron chi connectivity index (χ0n) is 15.5. The van der Waals surface area contributed by atoms with E-state index in [0.29, 0.717) is 16.8 Å². The van der Waals surface area contributed by atoms with Crippen LogP contribution in [0.3, 0.4) is 0 Å². The van der Waals surface area contributed by atoms with Crippen LogP contribution < -0.4 is 5.32 Å². The number of hydrogen-bond acceptors (Lipinski definition) is 4. The van der Waals surface area contributed by atoms with Crippen molar-refractivity contribution in [1.29, 1.82) is 0 Å². The second-order valence-electron chi connectivity index (χ2n) is 6.44. The summed E-state index contributed by atoms with van der Waals surface area (Å²) < 4.78 is 18.2. The van der Waals surface area contributed by atoms with Crippen molar-refractivity contribution in [3.8, 4) is 0 Å². The lowest BCUT2D eigenvalue weighted by Gasteiger charge is -2.14. The van der Waals surface area contributed by atoms with E-state index in [1.807, 2.05) is 32.0 Å². The summed E-state index contributed by atoms with van der Waals surface area (Å²) in [5, 5.41) is 3.00. The third-order valence-corrected chi connectivity index (χ3v) is 4.60. The number of carbonyl (C=O) groups is 2. The van der Waals surface area contributed by atoms with Gasteiger partial charge in [-0.3, -0.25) is 14.5 Å². The van der Waals surface area contributed by atoms with Crippen molar-refractivity contribution in [2.75, 3.05) is 25.6 Å². The van der Waals surface area contributed by atoms with Gasteiger partial charge in [0.25, 0.3) is 11.8 Å². The van der Waals surface area contributed by atoms with Gasteiger partial charge in [-0.15, -0.1) is 0 Å². The summed E-state index contributed by atoms with van der Waals surface area (Å²) in [6, 6.07) is 11.3. The van der Waals surface area contributed by atoms with Gasteiger partial charge in [0, 0.05) is 12.8 Å². The topological polar surface area (TPSA) is 58.6 Å². The van der Waals surface area contributed by atoms with Crippen LogP contribution in [0.2, 0.25) is 0 Å². The van der Waals surface area contributed by atoms with E-state index >= 15 is 0 Å². The molecular weight excluding hydrogens is 347 g/mol. The summed E-state index contributed by atoms with van der Waals surface area (Å²) >= 11 is 0. The van der Waals surface area contributed by atoms with Crippen LogP contribution >= 0.6 is 0 Å². The lowest BCUT2D eigenvalue weighted by molar-refractivity contribution is -0.137. The Balaban J connectivity index is 2.05. The highest BCUT2D eigenvalue weighted by atomic mass is 19.1. The number of anilines is 1. The van der Waals surface area contributed by atoms with Crippen molar-refractivity contribution in [3.05, 3.63) is 70.7 Å². The quantitative estimate of drug-likeness (QED) is 0.795. The van der Waals surface area contributed by atoms with E-state index in [1.165, 1.54) is 36.3 Å². The Bertz CT molecular complexity index is 920. The Morgan fingerprint density at radius 1 is 1.00 bits per heavy atom. The van der Waals surface area contributed by atoms with E-state index in [4.69, 9.17) is 4.74 Å². The molecule has 6 heteroatoms. The van der Waals surface area contributed by atoms with Crippen molar-refractivity contribution in [3.63, 3.8) is 0 Å². The van der Waals surface area contributed by atoms with Gasteiger partial charge in [0.1, 0.15) is 11.5 Å². The Morgan fingerprint density at radius 2 is 1.70 bits per heavy atom. The Kier molecular flexibility index (Phi) is 5.37. The fraction of sp³-hybridized carbons (Fsp3) is 0.238. The Labute approximate surface area is 157 Å². The number of hydrogen-bond donors (Lipinski definition) is 1. The fourth-order valence-corrected chi connectivity index (χ4v) is 2.92. The molecule has 0 aromatic heterocycles.